The SMILES string of the molecule is O=Cc1cc(C(F)(F)F)nc(CBr)c1OC(F)(F)F. The third-order valence-corrected chi connectivity index (χ3v) is 2.36. The minimum atomic E-state index is -5.14. The number of aromatic nitrogens is 1. The molecule has 0 aromatic carbocycles. The smallest absolute Gasteiger partial charge is 0.403 e. The van der Waals surface area contributed by atoms with E-state index in [4.69, 9.17) is 0 Å². The van der Waals surface area contributed by atoms with Crippen LogP contribution in [0.15, 0.2) is 6.07 Å². The number of carbonyl (C=O) groups excluding carboxylic acids is 1. The lowest BCUT2D eigenvalue weighted by atomic mass is 10.2. The molecule has 0 unspecified atom stereocenters. The summed E-state index contributed by atoms with van der Waals surface area (Å²) in [7, 11) is 0. The van der Waals surface area contributed by atoms with Crippen LogP contribution < -0.4 is 4.74 Å². The molecule has 0 N–H and O–H groups in total. The van der Waals surface area contributed by atoms with E-state index in [1.807, 2.05) is 0 Å². The van der Waals surface area contributed by atoms with Gasteiger partial charge in [0.2, 0.25) is 0 Å². The fraction of sp³-hybridized carbons (Fsp3) is 0.333. The molecule has 0 spiro atoms. The van der Waals surface area contributed by atoms with Gasteiger partial charge in [0.25, 0.3) is 0 Å². The lowest BCUT2D eigenvalue weighted by molar-refractivity contribution is -0.275. The van der Waals surface area contributed by atoms with Gasteiger partial charge in [-0.1, -0.05) is 15.9 Å². The van der Waals surface area contributed by atoms with Gasteiger partial charge < -0.3 is 4.74 Å². The Morgan fingerprint density at radius 1 is 1.26 bits per heavy atom. The second-order valence-electron chi connectivity index (χ2n) is 3.17. The van der Waals surface area contributed by atoms with Gasteiger partial charge in [0.1, 0.15) is 5.69 Å². The second kappa shape index (κ2) is 5.35. The molecule has 10 heteroatoms. The number of aldehydes is 1. The first-order valence-electron chi connectivity index (χ1n) is 4.46. The van der Waals surface area contributed by atoms with Crippen LogP contribution in [0.4, 0.5) is 26.3 Å². The number of nitrogens with zero attached hydrogens (tertiary/aromatic N) is 1. The molecule has 1 heterocycles. The molecule has 0 atom stereocenters. The Hall–Kier alpha value is -1.32. The maximum absolute atomic E-state index is 12.4. The average Bonchev–Trinajstić information content (AvgIpc) is 2.25. The molecule has 19 heavy (non-hydrogen) atoms. The molecule has 0 aliphatic rings. The third-order valence-electron chi connectivity index (χ3n) is 1.83. The van der Waals surface area contributed by atoms with Crippen LogP contribution in [0.25, 0.3) is 0 Å². The normalized spacial score (nSPS) is 12.4. The predicted molar refractivity (Wildman–Crippen MR) is 53.9 cm³/mol. The van der Waals surface area contributed by atoms with Crippen molar-refractivity contribution in [1.29, 1.82) is 0 Å². The second-order valence-corrected chi connectivity index (χ2v) is 3.73. The molecule has 106 valence electrons. The summed E-state index contributed by atoms with van der Waals surface area (Å²) in [5.41, 5.74) is -3.03. The van der Waals surface area contributed by atoms with Crippen LogP contribution in [0, 0.1) is 0 Å². The highest BCUT2D eigenvalue weighted by Gasteiger charge is 2.37. The van der Waals surface area contributed by atoms with Crippen molar-refractivity contribution in [1.82, 2.24) is 4.98 Å². The first-order chi connectivity index (χ1) is 8.58. The number of pyridine rings is 1. The molecule has 3 nitrogen and oxygen atoms in total. The molecule has 0 fully saturated rings. The molecule has 1 rings (SSSR count). The summed E-state index contributed by atoms with van der Waals surface area (Å²) in [6, 6.07) is 0.195. The van der Waals surface area contributed by atoms with Gasteiger partial charge in [-0.2, -0.15) is 13.2 Å². The molecule has 0 aliphatic carbocycles. The summed E-state index contributed by atoms with van der Waals surface area (Å²) in [5.74, 6) is -1.05. The molecule has 0 saturated carbocycles. The van der Waals surface area contributed by atoms with E-state index in [2.05, 4.69) is 25.7 Å². The van der Waals surface area contributed by atoms with E-state index in [9.17, 15) is 31.1 Å². The van der Waals surface area contributed by atoms with Gasteiger partial charge in [0.05, 0.1) is 11.3 Å². The maximum atomic E-state index is 12.4. The summed E-state index contributed by atoms with van der Waals surface area (Å²) in [4.78, 5) is 13.6. The van der Waals surface area contributed by atoms with Crippen molar-refractivity contribution in [3.8, 4) is 5.75 Å². The standard InChI is InChI=1S/C9H4BrF6NO2/c10-2-5-7(19-9(14,15)16)4(3-18)1-6(17-5)8(11,12)13/h1,3H,2H2. The highest BCUT2D eigenvalue weighted by atomic mass is 79.9. The fourth-order valence-electron chi connectivity index (χ4n) is 1.16. The molecular formula is C9H4BrF6NO2. The van der Waals surface area contributed by atoms with Gasteiger partial charge in [-0.15, -0.1) is 13.2 Å². The number of hydrogen-bond donors (Lipinski definition) is 0. The van der Waals surface area contributed by atoms with E-state index < -0.39 is 40.6 Å². The molecule has 0 amide bonds. The van der Waals surface area contributed by atoms with Crippen molar-refractivity contribution >= 4 is 22.2 Å². The van der Waals surface area contributed by atoms with Crippen molar-refractivity contribution in [2.75, 3.05) is 0 Å². The van der Waals surface area contributed by atoms with Crippen LogP contribution in [0.5, 0.6) is 5.75 Å². The quantitative estimate of drug-likeness (QED) is 0.473. The Morgan fingerprint density at radius 3 is 2.21 bits per heavy atom. The average molecular weight is 352 g/mol. The predicted octanol–water partition coefficient (Wildman–Crippen LogP) is 3.71. The zero-order valence-electron chi connectivity index (χ0n) is 8.77. The summed E-state index contributed by atoms with van der Waals surface area (Å²) in [6.45, 7) is 0. The van der Waals surface area contributed by atoms with E-state index in [-0.39, 0.29) is 12.4 Å². The Morgan fingerprint density at radius 2 is 1.84 bits per heavy atom. The Bertz CT molecular complexity index is 485. The Labute approximate surface area is 110 Å². The van der Waals surface area contributed by atoms with Crippen LogP contribution >= 0.6 is 15.9 Å². The first-order valence-corrected chi connectivity index (χ1v) is 5.58. The minimum absolute atomic E-state index is 0.163. The Kier molecular flexibility index (Phi) is 4.43. The van der Waals surface area contributed by atoms with Crippen molar-refractivity contribution in [3.05, 3.63) is 23.0 Å². The molecular weight excluding hydrogens is 348 g/mol. The lowest BCUT2D eigenvalue weighted by Crippen LogP contribution is -2.21. The molecule has 0 aliphatic heterocycles. The van der Waals surface area contributed by atoms with E-state index in [0.717, 1.165) is 0 Å². The number of alkyl halides is 7. The van der Waals surface area contributed by atoms with Crippen molar-refractivity contribution in [2.45, 2.75) is 17.9 Å². The molecule has 1 aromatic rings. The largest absolute Gasteiger partial charge is 0.573 e. The third kappa shape index (κ3) is 4.08. The van der Waals surface area contributed by atoms with Crippen LogP contribution in [-0.2, 0) is 11.5 Å². The van der Waals surface area contributed by atoms with Gasteiger partial charge in [0, 0.05) is 5.33 Å². The van der Waals surface area contributed by atoms with Gasteiger partial charge in [0.15, 0.2) is 12.0 Å². The van der Waals surface area contributed by atoms with Crippen molar-refractivity contribution in [3.63, 3.8) is 0 Å². The lowest BCUT2D eigenvalue weighted by Gasteiger charge is -2.15. The van der Waals surface area contributed by atoms with E-state index in [1.165, 1.54) is 0 Å². The van der Waals surface area contributed by atoms with Gasteiger partial charge >= 0.3 is 12.5 Å². The zero-order valence-corrected chi connectivity index (χ0v) is 10.4. The van der Waals surface area contributed by atoms with E-state index >= 15 is 0 Å². The summed E-state index contributed by atoms with van der Waals surface area (Å²) >= 11 is 2.69. The number of ether oxygens (including phenoxy) is 1. The molecule has 0 saturated heterocycles. The summed E-state index contributed by atoms with van der Waals surface area (Å²) < 4.78 is 77.1. The van der Waals surface area contributed by atoms with Gasteiger partial charge in [-0.05, 0) is 6.07 Å². The van der Waals surface area contributed by atoms with Crippen LogP contribution in [0.3, 0.4) is 0 Å². The molecule has 0 bridgehead atoms. The van der Waals surface area contributed by atoms with Crippen molar-refractivity contribution in [2.24, 2.45) is 0 Å². The van der Waals surface area contributed by atoms with Gasteiger partial charge in [-0.3, -0.25) is 4.79 Å². The fourth-order valence-corrected chi connectivity index (χ4v) is 1.54. The van der Waals surface area contributed by atoms with Gasteiger partial charge in [-0.25, -0.2) is 4.98 Å². The summed E-state index contributed by atoms with van der Waals surface area (Å²) in [6.07, 6.45) is -10.2. The van der Waals surface area contributed by atoms with Crippen molar-refractivity contribution < 1.29 is 35.9 Å². The first kappa shape index (κ1) is 15.7. The van der Waals surface area contributed by atoms with Crippen LogP contribution in [0.1, 0.15) is 21.7 Å². The maximum Gasteiger partial charge on any atom is 0.573 e. The summed E-state index contributed by atoms with van der Waals surface area (Å²) in [5, 5.41) is -0.441. The zero-order chi connectivity index (χ0) is 14.8. The number of halogens is 7. The van der Waals surface area contributed by atoms with E-state index in [0.29, 0.717) is 0 Å². The topological polar surface area (TPSA) is 39.2 Å². The van der Waals surface area contributed by atoms with E-state index in [1.54, 1.807) is 0 Å². The highest BCUT2D eigenvalue weighted by Crippen LogP contribution is 2.35. The van der Waals surface area contributed by atoms with Crippen LogP contribution in [-0.4, -0.2) is 17.6 Å². The number of hydrogen-bond acceptors (Lipinski definition) is 3. The highest BCUT2D eigenvalue weighted by molar-refractivity contribution is 9.08. The van der Waals surface area contributed by atoms with Crippen LogP contribution in [0.2, 0.25) is 0 Å². The number of rotatable bonds is 3. The molecule has 1 aromatic heterocycles. The Balaban J connectivity index is 3.42. The number of carbonyl (C=O) groups is 1. The minimum Gasteiger partial charge on any atom is -0.403 e. The monoisotopic (exact) mass is 351 g/mol. The molecule has 0 radical (unpaired) electrons.